The summed E-state index contributed by atoms with van der Waals surface area (Å²) >= 11 is 0. The van der Waals surface area contributed by atoms with Gasteiger partial charge in [0, 0.05) is 41.0 Å². The number of aryl methyl sites for hydroxylation is 2. The van der Waals surface area contributed by atoms with Crippen LogP contribution in [-0.4, -0.2) is 15.7 Å². The first-order valence-electron chi connectivity index (χ1n) is 8.00. The molecule has 0 saturated heterocycles. The molecule has 0 aliphatic carbocycles. The third-order valence-electron chi connectivity index (χ3n) is 4.12. The van der Waals surface area contributed by atoms with Crippen LogP contribution in [-0.2, 0) is 0 Å². The van der Waals surface area contributed by atoms with E-state index in [1.807, 2.05) is 13.0 Å². The molecule has 1 heterocycles. The quantitative estimate of drug-likeness (QED) is 0.380. The number of hydrogen-bond acceptors (Lipinski definition) is 3. The normalized spacial score (nSPS) is 11.2. The minimum atomic E-state index is -0.414. The highest BCUT2D eigenvalue weighted by Gasteiger charge is 2.10. The Morgan fingerprint density at radius 3 is 2.52 bits per heavy atom. The van der Waals surface area contributed by atoms with E-state index in [1.54, 1.807) is 18.3 Å². The third kappa shape index (κ3) is 3.50. The van der Waals surface area contributed by atoms with Crippen molar-refractivity contribution in [3.8, 4) is 5.69 Å². The maximum absolute atomic E-state index is 10.9. The summed E-state index contributed by atoms with van der Waals surface area (Å²) < 4.78 is 2.18. The summed E-state index contributed by atoms with van der Waals surface area (Å²) in [7, 11) is 0. The second kappa shape index (κ2) is 6.73. The predicted octanol–water partition coefficient (Wildman–Crippen LogP) is 5.06. The molecule has 3 rings (SSSR count). The number of nitro groups is 1. The highest BCUT2D eigenvalue weighted by atomic mass is 16.6. The predicted molar refractivity (Wildman–Crippen MR) is 100 cm³/mol. The Hall–Kier alpha value is -3.21. The Bertz CT molecular complexity index is 971. The van der Waals surface area contributed by atoms with Crippen molar-refractivity contribution in [2.24, 2.45) is 4.99 Å². The van der Waals surface area contributed by atoms with Crippen LogP contribution in [0.2, 0.25) is 0 Å². The van der Waals surface area contributed by atoms with Crippen molar-refractivity contribution in [1.29, 1.82) is 0 Å². The largest absolute Gasteiger partial charge is 0.318 e. The number of nitrogens with zero attached hydrogens (tertiary/aromatic N) is 3. The molecular weight excluding hydrogens is 314 g/mol. The van der Waals surface area contributed by atoms with Crippen LogP contribution in [0.15, 0.2) is 59.6 Å². The van der Waals surface area contributed by atoms with Crippen LogP contribution in [0.25, 0.3) is 5.69 Å². The van der Waals surface area contributed by atoms with Gasteiger partial charge in [-0.1, -0.05) is 18.2 Å². The van der Waals surface area contributed by atoms with Gasteiger partial charge in [0.05, 0.1) is 10.6 Å². The highest BCUT2D eigenvalue weighted by Crippen LogP contribution is 2.23. The van der Waals surface area contributed by atoms with Crippen molar-refractivity contribution in [2.75, 3.05) is 0 Å². The fourth-order valence-corrected chi connectivity index (χ4v) is 2.91. The van der Waals surface area contributed by atoms with Gasteiger partial charge in [0.2, 0.25) is 0 Å². The Morgan fingerprint density at radius 1 is 1.04 bits per heavy atom. The molecular formula is C20H19N3O2. The first-order chi connectivity index (χ1) is 12.0. The lowest BCUT2D eigenvalue weighted by Crippen LogP contribution is -1.99. The molecule has 0 atom stereocenters. The van der Waals surface area contributed by atoms with Gasteiger partial charge in [0.1, 0.15) is 0 Å². The van der Waals surface area contributed by atoms with Crippen molar-refractivity contribution in [3.05, 3.63) is 87.2 Å². The van der Waals surface area contributed by atoms with Gasteiger partial charge in [0.15, 0.2) is 0 Å². The Balaban J connectivity index is 1.96. The average Bonchev–Trinajstić information content (AvgIpc) is 2.87. The SMILES string of the molecule is Cc1cccc(-n2c(C)cc(C=Nc3cccc([N+](=O)[O-])c3)c2C)c1. The number of aliphatic imine (C=N–C) groups is 1. The van der Waals surface area contributed by atoms with Crippen molar-refractivity contribution in [3.63, 3.8) is 0 Å². The van der Waals surface area contributed by atoms with Crippen LogP contribution in [0.1, 0.15) is 22.5 Å². The number of aromatic nitrogens is 1. The van der Waals surface area contributed by atoms with Gasteiger partial charge >= 0.3 is 0 Å². The minimum Gasteiger partial charge on any atom is -0.318 e. The lowest BCUT2D eigenvalue weighted by molar-refractivity contribution is -0.384. The molecule has 3 aromatic rings. The van der Waals surface area contributed by atoms with Gasteiger partial charge in [-0.15, -0.1) is 0 Å². The van der Waals surface area contributed by atoms with Gasteiger partial charge in [-0.3, -0.25) is 15.1 Å². The Kier molecular flexibility index (Phi) is 4.48. The molecule has 0 bridgehead atoms. The van der Waals surface area contributed by atoms with Crippen LogP contribution < -0.4 is 0 Å². The van der Waals surface area contributed by atoms with Crippen molar-refractivity contribution in [2.45, 2.75) is 20.8 Å². The molecule has 0 spiro atoms. The van der Waals surface area contributed by atoms with Crippen LogP contribution in [0.3, 0.4) is 0 Å². The Labute approximate surface area is 146 Å². The van der Waals surface area contributed by atoms with Gasteiger partial charge < -0.3 is 4.57 Å². The standard InChI is InChI=1S/C20H19N3O2/c1-14-6-4-8-19(10-14)22-15(2)11-17(16(22)3)13-21-18-7-5-9-20(12-18)23(24)25/h4-13H,1-3H3. The van der Waals surface area contributed by atoms with Crippen LogP contribution in [0.5, 0.6) is 0 Å². The van der Waals surface area contributed by atoms with E-state index in [9.17, 15) is 10.1 Å². The molecule has 1 aromatic heterocycles. The molecule has 25 heavy (non-hydrogen) atoms. The van der Waals surface area contributed by atoms with E-state index >= 15 is 0 Å². The summed E-state index contributed by atoms with van der Waals surface area (Å²) in [6.07, 6.45) is 1.76. The van der Waals surface area contributed by atoms with E-state index in [0.29, 0.717) is 5.69 Å². The van der Waals surface area contributed by atoms with Crippen LogP contribution in [0.4, 0.5) is 11.4 Å². The zero-order chi connectivity index (χ0) is 18.0. The van der Waals surface area contributed by atoms with E-state index in [4.69, 9.17) is 0 Å². The second-order valence-corrected chi connectivity index (χ2v) is 6.04. The molecule has 0 radical (unpaired) electrons. The summed E-state index contributed by atoms with van der Waals surface area (Å²) in [5.74, 6) is 0. The molecule has 0 amide bonds. The summed E-state index contributed by atoms with van der Waals surface area (Å²) in [6.45, 7) is 6.17. The number of hydrogen-bond donors (Lipinski definition) is 0. The molecule has 0 aliphatic heterocycles. The summed E-state index contributed by atoms with van der Waals surface area (Å²) in [5, 5.41) is 10.9. The zero-order valence-corrected chi connectivity index (χ0v) is 14.4. The third-order valence-corrected chi connectivity index (χ3v) is 4.12. The number of rotatable bonds is 4. The van der Waals surface area contributed by atoms with Crippen molar-refractivity contribution >= 4 is 17.6 Å². The number of benzene rings is 2. The topological polar surface area (TPSA) is 60.4 Å². The zero-order valence-electron chi connectivity index (χ0n) is 14.4. The van der Waals surface area contributed by atoms with E-state index in [1.165, 1.54) is 17.7 Å². The number of nitro benzene ring substituents is 1. The summed E-state index contributed by atoms with van der Waals surface area (Å²) in [5.41, 5.74) is 6.11. The molecule has 2 aromatic carbocycles. The van der Waals surface area contributed by atoms with E-state index < -0.39 is 4.92 Å². The molecule has 5 nitrogen and oxygen atoms in total. The van der Waals surface area contributed by atoms with E-state index in [2.05, 4.69) is 47.7 Å². The minimum absolute atomic E-state index is 0.0416. The summed E-state index contributed by atoms with van der Waals surface area (Å²) in [4.78, 5) is 14.9. The van der Waals surface area contributed by atoms with Crippen LogP contribution >= 0.6 is 0 Å². The van der Waals surface area contributed by atoms with Gasteiger partial charge in [-0.25, -0.2) is 0 Å². The average molecular weight is 333 g/mol. The van der Waals surface area contributed by atoms with Crippen molar-refractivity contribution in [1.82, 2.24) is 4.57 Å². The molecule has 0 N–H and O–H groups in total. The van der Waals surface area contributed by atoms with Gasteiger partial charge in [-0.2, -0.15) is 0 Å². The lowest BCUT2D eigenvalue weighted by atomic mass is 10.2. The van der Waals surface area contributed by atoms with Crippen LogP contribution in [0, 0.1) is 30.9 Å². The molecule has 0 saturated carbocycles. The molecule has 0 unspecified atom stereocenters. The first kappa shape index (κ1) is 16.6. The Morgan fingerprint density at radius 2 is 1.80 bits per heavy atom. The van der Waals surface area contributed by atoms with Gasteiger partial charge in [0.25, 0.3) is 5.69 Å². The lowest BCUT2D eigenvalue weighted by Gasteiger charge is -2.10. The molecule has 126 valence electrons. The van der Waals surface area contributed by atoms with E-state index in [-0.39, 0.29) is 5.69 Å². The van der Waals surface area contributed by atoms with E-state index in [0.717, 1.165) is 22.6 Å². The molecule has 0 fully saturated rings. The maximum atomic E-state index is 10.9. The monoisotopic (exact) mass is 333 g/mol. The molecule has 5 heteroatoms. The first-order valence-corrected chi connectivity index (χ1v) is 8.00. The second-order valence-electron chi connectivity index (χ2n) is 6.04. The highest BCUT2D eigenvalue weighted by molar-refractivity contribution is 5.84. The fraction of sp³-hybridized carbons (Fsp3) is 0.150. The number of non-ortho nitro benzene ring substituents is 1. The molecule has 0 aliphatic rings. The maximum Gasteiger partial charge on any atom is 0.271 e. The van der Waals surface area contributed by atoms with Crippen molar-refractivity contribution < 1.29 is 4.92 Å². The summed E-state index contributed by atoms with van der Waals surface area (Å²) in [6, 6.07) is 16.7. The van der Waals surface area contributed by atoms with Gasteiger partial charge in [-0.05, 0) is 50.6 Å². The fourth-order valence-electron chi connectivity index (χ4n) is 2.91. The smallest absolute Gasteiger partial charge is 0.271 e.